The van der Waals surface area contributed by atoms with Crippen LogP contribution >= 0.6 is 0 Å². The molecule has 0 atom stereocenters. The lowest BCUT2D eigenvalue weighted by molar-refractivity contribution is -0.134. The number of ether oxygens (including phenoxy) is 1. The summed E-state index contributed by atoms with van der Waals surface area (Å²) in [7, 11) is 0. The van der Waals surface area contributed by atoms with E-state index in [1.54, 1.807) is 0 Å². The van der Waals surface area contributed by atoms with Crippen LogP contribution in [0.3, 0.4) is 0 Å². The van der Waals surface area contributed by atoms with Gasteiger partial charge in [0.1, 0.15) is 5.75 Å². The van der Waals surface area contributed by atoms with Gasteiger partial charge in [-0.15, -0.1) is 0 Å². The second kappa shape index (κ2) is 11.4. The van der Waals surface area contributed by atoms with Crippen LogP contribution in [0.2, 0.25) is 0 Å². The zero-order chi connectivity index (χ0) is 15.3. The Kier molecular flexibility index (Phi) is 9.60. The topological polar surface area (TPSA) is 26.3 Å². The number of carbonyl (C=O) groups is 1. The molecule has 0 aliphatic carbocycles. The minimum Gasteiger partial charge on any atom is -0.427 e. The Morgan fingerprint density at radius 1 is 0.857 bits per heavy atom. The number of carbonyl (C=O) groups excluding carboxylic acids is 1. The highest BCUT2D eigenvalue weighted by Crippen LogP contribution is 2.15. The quantitative estimate of drug-likeness (QED) is 0.297. The number of hydrogen-bond acceptors (Lipinski definition) is 2. The molecular formula is C19H30O2. The van der Waals surface area contributed by atoms with Gasteiger partial charge in [0.15, 0.2) is 0 Å². The van der Waals surface area contributed by atoms with E-state index in [0.717, 1.165) is 19.3 Å². The molecule has 0 spiro atoms. The lowest BCUT2D eigenvalue weighted by Crippen LogP contribution is -2.07. The third-order valence-electron chi connectivity index (χ3n) is 3.71. The van der Waals surface area contributed by atoms with Gasteiger partial charge in [-0.1, -0.05) is 64.5 Å². The van der Waals surface area contributed by atoms with Crippen molar-refractivity contribution in [3.8, 4) is 5.75 Å². The van der Waals surface area contributed by atoms with E-state index in [1.807, 2.05) is 12.1 Å². The molecule has 2 nitrogen and oxygen atoms in total. The molecule has 1 aromatic rings. The number of unbranched alkanes of at least 4 members (excludes halogenated alkanes) is 6. The molecule has 0 amide bonds. The van der Waals surface area contributed by atoms with E-state index in [1.165, 1.54) is 44.1 Å². The Labute approximate surface area is 129 Å². The molecule has 0 N–H and O–H groups in total. The number of aryl methyl sites for hydroxylation is 1. The molecule has 0 aliphatic heterocycles. The summed E-state index contributed by atoms with van der Waals surface area (Å²) in [6, 6.07) is 7.96. The summed E-state index contributed by atoms with van der Waals surface area (Å²) in [5, 5.41) is 0. The minimum atomic E-state index is -0.106. The first kappa shape index (κ1) is 17.7. The van der Waals surface area contributed by atoms with Crippen LogP contribution in [0.25, 0.3) is 0 Å². The van der Waals surface area contributed by atoms with Crippen LogP contribution in [0.4, 0.5) is 0 Å². The van der Waals surface area contributed by atoms with Crippen LogP contribution in [-0.2, 0) is 11.2 Å². The van der Waals surface area contributed by atoms with Crippen molar-refractivity contribution in [2.45, 2.75) is 78.1 Å². The van der Waals surface area contributed by atoms with E-state index < -0.39 is 0 Å². The highest BCUT2D eigenvalue weighted by Gasteiger charge is 2.04. The van der Waals surface area contributed by atoms with Gasteiger partial charge in [-0.3, -0.25) is 4.79 Å². The molecule has 118 valence electrons. The first-order valence-corrected chi connectivity index (χ1v) is 8.56. The summed E-state index contributed by atoms with van der Waals surface area (Å²) >= 11 is 0. The Bertz CT molecular complexity index is 381. The minimum absolute atomic E-state index is 0.106. The third-order valence-corrected chi connectivity index (χ3v) is 3.71. The molecule has 0 aromatic heterocycles. The fraction of sp³-hybridized carbons (Fsp3) is 0.632. The van der Waals surface area contributed by atoms with E-state index in [9.17, 15) is 4.79 Å². The van der Waals surface area contributed by atoms with Crippen LogP contribution in [0.1, 0.15) is 77.2 Å². The number of hydrogen-bond donors (Lipinski definition) is 0. The van der Waals surface area contributed by atoms with Crippen molar-refractivity contribution in [3.63, 3.8) is 0 Å². The fourth-order valence-electron chi connectivity index (χ4n) is 2.36. The molecule has 2 heteroatoms. The summed E-state index contributed by atoms with van der Waals surface area (Å²) in [5.41, 5.74) is 1.32. The smallest absolute Gasteiger partial charge is 0.311 e. The van der Waals surface area contributed by atoms with Crippen molar-refractivity contribution in [3.05, 3.63) is 29.8 Å². The summed E-state index contributed by atoms with van der Waals surface area (Å²) in [6.45, 7) is 4.41. The zero-order valence-corrected chi connectivity index (χ0v) is 13.7. The van der Waals surface area contributed by atoms with Crippen molar-refractivity contribution < 1.29 is 9.53 Å². The number of rotatable bonds is 11. The first-order chi connectivity index (χ1) is 10.3. The largest absolute Gasteiger partial charge is 0.427 e. The van der Waals surface area contributed by atoms with Gasteiger partial charge in [-0.2, -0.15) is 0 Å². The van der Waals surface area contributed by atoms with Crippen LogP contribution in [0.15, 0.2) is 24.3 Å². The maximum atomic E-state index is 11.7. The van der Waals surface area contributed by atoms with Crippen LogP contribution in [0.5, 0.6) is 5.75 Å². The molecule has 0 aliphatic rings. The Morgan fingerprint density at radius 3 is 2.14 bits per heavy atom. The predicted octanol–water partition coefficient (Wildman–Crippen LogP) is 5.69. The maximum Gasteiger partial charge on any atom is 0.311 e. The van der Waals surface area contributed by atoms with Gasteiger partial charge in [-0.25, -0.2) is 0 Å². The van der Waals surface area contributed by atoms with E-state index in [0.29, 0.717) is 12.2 Å². The van der Waals surface area contributed by atoms with Crippen molar-refractivity contribution >= 4 is 5.97 Å². The van der Waals surface area contributed by atoms with Gasteiger partial charge in [0.25, 0.3) is 0 Å². The van der Waals surface area contributed by atoms with E-state index in [-0.39, 0.29) is 5.97 Å². The normalized spacial score (nSPS) is 10.6. The van der Waals surface area contributed by atoms with Gasteiger partial charge in [0.05, 0.1) is 0 Å². The van der Waals surface area contributed by atoms with Crippen molar-refractivity contribution in [2.75, 3.05) is 0 Å². The number of esters is 1. The van der Waals surface area contributed by atoms with Crippen LogP contribution < -0.4 is 4.74 Å². The van der Waals surface area contributed by atoms with Gasteiger partial charge in [0, 0.05) is 6.42 Å². The Hall–Kier alpha value is -1.31. The molecule has 0 bridgehead atoms. The zero-order valence-electron chi connectivity index (χ0n) is 13.7. The van der Waals surface area contributed by atoms with Gasteiger partial charge in [0.2, 0.25) is 0 Å². The molecule has 0 saturated carbocycles. The molecule has 1 aromatic carbocycles. The molecule has 1 rings (SSSR count). The van der Waals surface area contributed by atoms with Crippen molar-refractivity contribution in [1.82, 2.24) is 0 Å². The van der Waals surface area contributed by atoms with E-state index >= 15 is 0 Å². The Balaban J connectivity index is 2.23. The monoisotopic (exact) mass is 290 g/mol. The van der Waals surface area contributed by atoms with E-state index in [4.69, 9.17) is 4.74 Å². The molecule has 0 heterocycles. The summed E-state index contributed by atoms with van der Waals surface area (Å²) in [6.07, 6.45) is 11.2. The molecule has 0 radical (unpaired) electrons. The third kappa shape index (κ3) is 8.54. The van der Waals surface area contributed by atoms with Gasteiger partial charge in [-0.05, 0) is 37.0 Å². The lowest BCUT2D eigenvalue weighted by Gasteiger charge is -2.06. The molecule has 21 heavy (non-hydrogen) atoms. The lowest BCUT2D eigenvalue weighted by atomic mass is 10.1. The van der Waals surface area contributed by atoms with Crippen molar-refractivity contribution in [2.24, 2.45) is 0 Å². The van der Waals surface area contributed by atoms with Gasteiger partial charge >= 0.3 is 5.97 Å². The van der Waals surface area contributed by atoms with Gasteiger partial charge < -0.3 is 4.74 Å². The second-order valence-corrected chi connectivity index (χ2v) is 5.74. The van der Waals surface area contributed by atoms with Crippen molar-refractivity contribution in [1.29, 1.82) is 0 Å². The van der Waals surface area contributed by atoms with Crippen LogP contribution in [0, 0.1) is 0 Å². The van der Waals surface area contributed by atoms with E-state index in [2.05, 4.69) is 26.0 Å². The highest BCUT2D eigenvalue weighted by atomic mass is 16.5. The molecule has 0 saturated heterocycles. The first-order valence-electron chi connectivity index (χ1n) is 8.56. The maximum absolute atomic E-state index is 11.7. The average Bonchev–Trinajstić information content (AvgIpc) is 2.49. The second-order valence-electron chi connectivity index (χ2n) is 5.74. The Morgan fingerprint density at radius 2 is 1.48 bits per heavy atom. The molecular weight excluding hydrogens is 260 g/mol. The van der Waals surface area contributed by atoms with Crippen LogP contribution in [-0.4, -0.2) is 5.97 Å². The standard InChI is InChI=1S/C19H30O2/c1-3-5-7-8-10-12-19(20)21-18-15-13-17(14-16-18)11-9-6-4-2/h13-16H,3-12H2,1-2H3. The average molecular weight is 290 g/mol. The summed E-state index contributed by atoms with van der Waals surface area (Å²) in [4.78, 5) is 11.7. The summed E-state index contributed by atoms with van der Waals surface area (Å²) < 4.78 is 5.36. The summed E-state index contributed by atoms with van der Waals surface area (Å²) in [5.74, 6) is 0.568. The SMILES string of the molecule is CCCCCCCC(=O)Oc1ccc(CCCCC)cc1. The fourth-order valence-corrected chi connectivity index (χ4v) is 2.36. The molecule has 0 unspecified atom stereocenters. The highest BCUT2D eigenvalue weighted by molar-refractivity contribution is 5.72. The predicted molar refractivity (Wildman–Crippen MR) is 88.7 cm³/mol. The molecule has 0 fully saturated rings. The number of benzene rings is 1.